The third-order valence-electron chi connectivity index (χ3n) is 2.37. The second-order valence-electron chi connectivity index (χ2n) is 3.72. The van der Waals surface area contributed by atoms with Crippen molar-refractivity contribution in [2.24, 2.45) is 11.7 Å². The fourth-order valence-corrected chi connectivity index (χ4v) is 2.23. The standard InChI is InChI=1S/C11H15N3S/c1-9(7-12)8-14-5-4-13-11(14)10-3-2-6-15-10/h2-6,9H,7-8,12H2,1H3. The average Bonchev–Trinajstić information content (AvgIpc) is 2.86. The SMILES string of the molecule is CC(CN)Cn1ccnc1-c1cccs1. The van der Waals surface area contributed by atoms with Crippen LogP contribution < -0.4 is 5.73 Å². The predicted octanol–water partition coefficient (Wildman–Crippen LogP) is 2.21. The highest BCUT2D eigenvalue weighted by Gasteiger charge is 2.08. The highest BCUT2D eigenvalue weighted by molar-refractivity contribution is 7.13. The van der Waals surface area contributed by atoms with Gasteiger partial charge in [0, 0.05) is 18.9 Å². The van der Waals surface area contributed by atoms with E-state index < -0.39 is 0 Å². The zero-order valence-electron chi connectivity index (χ0n) is 8.76. The molecule has 3 nitrogen and oxygen atoms in total. The van der Waals surface area contributed by atoms with E-state index in [2.05, 4.69) is 27.9 Å². The molecule has 4 heteroatoms. The number of nitrogens with two attached hydrogens (primary N) is 1. The molecule has 0 aliphatic carbocycles. The molecule has 0 aliphatic heterocycles. The van der Waals surface area contributed by atoms with Crippen molar-refractivity contribution in [3.05, 3.63) is 29.9 Å². The Labute approximate surface area is 93.6 Å². The monoisotopic (exact) mass is 221 g/mol. The molecule has 0 saturated heterocycles. The smallest absolute Gasteiger partial charge is 0.149 e. The summed E-state index contributed by atoms with van der Waals surface area (Å²) >= 11 is 1.71. The quantitative estimate of drug-likeness (QED) is 0.860. The summed E-state index contributed by atoms with van der Waals surface area (Å²) in [5, 5.41) is 2.07. The third-order valence-corrected chi connectivity index (χ3v) is 3.23. The molecule has 1 unspecified atom stereocenters. The number of thiophene rings is 1. The molecule has 0 aliphatic rings. The number of hydrogen-bond acceptors (Lipinski definition) is 3. The van der Waals surface area contributed by atoms with E-state index in [1.165, 1.54) is 4.88 Å². The molecule has 0 spiro atoms. The Bertz CT molecular complexity index is 405. The van der Waals surface area contributed by atoms with Gasteiger partial charge in [-0.05, 0) is 23.9 Å². The number of nitrogens with zero attached hydrogens (tertiary/aromatic N) is 2. The Hall–Kier alpha value is -1.13. The molecule has 2 aromatic heterocycles. The lowest BCUT2D eigenvalue weighted by molar-refractivity contribution is 0.495. The fraction of sp³-hybridized carbons (Fsp3) is 0.364. The van der Waals surface area contributed by atoms with Crippen LogP contribution in [0.25, 0.3) is 10.7 Å². The zero-order valence-corrected chi connectivity index (χ0v) is 9.57. The number of imidazole rings is 1. The Morgan fingerprint density at radius 3 is 3.13 bits per heavy atom. The van der Waals surface area contributed by atoms with Crippen molar-refractivity contribution in [1.82, 2.24) is 9.55 Å². The van der Waals surface area contributed by atoms with Crippen LogP contribution in [0.15, 0.2) is 29.9 Å². The number of hydrogen-bond donors (Lipinski definition) is 1. The van der Waals surface area contributed by atoms with Gasteiger partial charge in [-0.15, -0.1) is 11.3 Å². The van der Waals surface area contributed by atoms with Gasteiger partial charge < -0.3 is 10.3 Å². The minimum absolute atomic E-state index is 0.484. The van der Waals surface area contributed by atoms with Gasteiger partial charge in [0.25, 0.3) is 0 Å². The maximum atomic E-state index is 5.63. The minimum atomic E-state index is 0.484. The van der Waals surface area contributed by atoms with Gasteiger partial charge >= 0.3 is 0 Å². The lowest BCUT2D eigenvalue weighted by Crippen LogP contribution is -2.17. The van der Waals surface area contributed by atoms with E-state index in [-0.39, 0.29) is 0 Å². The second kappa shape index (κ2) is 4.59. The first-order valence-electron chi connectivity index (χ1n) is 5.06. The summed E-state index contributed by atoms with van der Waals surface area (Å²) < 4.78 is 2.17. The summed E-state index contributed by atoms with van der Waals surface area (Å²) in [5.41, 5.74) is 5.63. The molecule has 2 rings (SSSR count). The first kappa shape index (κ1) is 10.4. The van der Waals surface area contributed by atoms with Crippen LogP contribution in [-0.2, 0) is 6.54 Å². The highest BCUT2D eigenvalue weighted by atomic mass is 32.1. The van der Waals surface area contributed by atoms with Gasteiger partial charge in [0.1, 0.15) is 5.82 Å². The number of aromatic nitrogens is 2. The molecule has 2 heterocycles. The van der Waals surface area contributed by atoms with E-state index in [0.717, 1.165) is 12.4 Å². The van der Waals surface area contributed by atoms with Gasteiger partial charge in [-0.3, -0.25) is 0 Å². The summed E-state index contributed by atoms with van der Waals surface area (Å²) in [4.78, 5) is 5.59. The average molecular weight is 221 g/mol. The normalized spacial score (nSPS) is 12.9. The largest absolute Gasteiger partial charge is 0.330 e. The summed E-state index contributed by atoms with van der Waals surface area (Å²) in [6.45, 7) is 3.80. The molecule has 0 aromatic carbocycles. The molecule has 0 bridgehead atoms. The van der Waals surface area contributed by atoms with Crippen molar-refractivity contribution in [1.29, 1.82) is 0 Å². The van der Waals surface area contributed by atoms with E-state index in [0.29, 0.717) is 12.5 Å². The topological polar surface area (TPSA) is 43.8 Å². The van der Waals surface area contributed by atoms with Crippen LogP contribution in [0.3, 0.4) is 0 Å². The summed E-state index contributed by atoms with van der Waals surface area (Å²) in [7, 11) is 0. The zero-order chi connectivity index (χ0) is 10.7. The number of rotatable bonds is 4. The highest BCUT2D eigenvalue weighted by Crippen LogP contribution is 2.23. The Morgan fingerprint density at radius 1 is 1.60 bits per heavy atom. The first-order valence-corrected chi connectivity index (χ1v) is 5.94. The van der Waals surface area contributed by atoms with Crippen LogP contribution in [0.1, 0.15) is 6.92 Å². The van der Waals surface area contributed by atoms with E-state index in [1.54, 1.807) is 11.3 Å². The molecule has 0 saturated carbocycles. The lowest BCUT2D eigenvalue weighted by Gasteiger charge is -2.11. The second-order valence-corrected chi connectivity index (χ2v) is 4.67. The van der Waals surface area contributed by atoms with Gasteiger partial charge in [-0.25, -0.2) is 4.98 Å². The molecule has 0 fully saturated rings. The van der Waals surface area contributed by atoms with Crippen LogP contribution in [0.2, 0.25) is 0 Å². The van der Waals surface area contributed by atoms with Crippen LogP contribution in [-0.4, -0.2) is 16.1 Å². The molecule has 0 radical (unpaired) electrons. The Kier molecular flexibility index (Phi) is 3.18. The third kappa shape index (κ3) is 2.27. The summed E-state index contributed by atoms with van der Waals surface area (Å²) in [5.74, 6) is 1.53. The van der Waals surface area contributed by atoms with Crippen molar-refractivity contribution in [2.45, 2.75) is 13.5 Å². The van der Waals surface area contributed by atoms with Gasteiger partial charge in [-0.1, -0.05) is 13.0 Å². The maximum Gasteiger partial charge on any atom is 0.149 e. The van der Waals surface area contributed by atoms with E-state index in [9.17, 15) is 0 Å². The van der Waals surface area contributed by atoms with E-state index >= 15 is 0 Å². The van der Waals surface area contributed by atoms with Crippen LogP contribution >= 0.6 is 11.3 Å². The van der Waals surface area contributed by atoms with Crippen LogP contribution in [0.5, 0.6) is 0 Å². The van der Waals surface area contributed by atoms with Crippen molar-refractivity contribution >= 4 is 11.3 Å². The predicted molar refractivity (Wildman–Crippen MR) is 63.8 cm³/mol. The van der Waals surface area contributed by atoms with Crippen molar-refractivity contribution in [3.8, 4) is 10.7 Å². The molecule has 1 atom stereocenters. The van der Waals surface area contributed by atoms with E-state index in [1.807, 2.05) is 18.5 Å². The molecule has 2 N–H and O–H groups in total. The molecule has 15 heavy (non-hydrogen) atoms. The van der Waals surface area contributed by atoms with Gasteiger partial charge in [-0.2, -0.15) is 0 Å². The van der Waals surface area contributed by atoms with Crippen LogP contribution in [0, 0.1) is 5.92 Å². The molecular formula is C11H15N3S. The Balaban J connectivity index is 2.23. The minimum Gasteiger partial charge on any atom is -0.330 e. The summed E-state index contributed by atoms with van der Waals surface area (Å²) in [6, 6.07) is 4.14. The maximum absolute atomic E-state index is 5.63. The molecule has 80 valence electrons. The van der Waals surface area contributed by atoms with E-state index in [4.69, 9.17) is 5.73 Å². The molecule has 0 amide bonds. The van der Waals surface area contributed by atoms with Crippen LogP contribution in [0.4, 0.5) is 0 Å². The van der Waals surface area contributed by atoms with Crippen molar-refractivity contribution < 1.29 is 0 Å². The van der Waals surface area contributed by atoms with Crippen molar-refractivity contribution in [2.75, 3.05) is 6.54 Å². The van der Waals surface area contributed by atoms with Gasteiger partial charge in [0.2, 0.25) is 0 Å². The Morgan fingerprint density at radius 2 is 2.47 bits per heavy atom. The molecular weight excluding hydrogens is 206 g/mol. The lowest BCUT2D eigenvalue weighted by atomic mass is 10.2. The first-order chi connectivity index (χ1) is 7.31. The van der Waals surface area contributed by atoms with Gasteiger partial charge in [0.15, 0.2) is 0 Å². The summed E-state index contributed by atoms with van der Waals surface area (Å²) in [6.07, 6.45) is 3.86. The van der Waals surface area contributed by atoms with Crippen molar-refractivity contribution in [3.63, 3.8) is 0 Å². The van der Waals surface area contributed by atoms with Gasteiger partial charge in [0.05, 0.1) is 4.88 Å². The molecule has 2 aromatic rings. The fourth-order valence-electron chi connectivity index (χ4n) is 1.50.